The molecular formula is C19H33N3O3. The lowest BCUT2D eigenvalue weighted by Gasteiger charge is -2.39. The van der Waals surface area contributed by atoms with Gasteiger partial charge in [0.25, 0.3) is 0 Å². The van der Waals surface area contributed by atoms with Crippen LogP contribution in [0.3, 0.4) is 0 Å². The van der Waals surface area contributed by atoms with Gasteiger partial charge in [0.1, 0.15) is 0 Å². The van der Waals surface area contributed by atoms with Gasteiger partial charge in [-0.05, 0) is 39.5 Å². The summed E-state index contributed by atoms with van der Waals surface area (Å²) in [5.41, 5.74) is 0. The smallest absolute Gasteiger partial charge is 0.226 e. The van der Waals surface area contributed by atoms with Crippen LogP contribution in [-0.4, -0.2) is 84.0 Å². The van der Waals surface area contributed by atoms with Gasteiger partial charge in [-0.15, -0.1) is 0 Å². The molecule has 3 atom stereocenters. The van der Waals surface area contributed by atoms with E-state index in [0.717, 1.165) is 65.0 Å². The second kappa shape index (κ2) is 8.04. The number of likely N-dealkylation sites (tertiary alicyclic amines) is 2. The molecule has 3 rings (SSSR count). The molecule has 0 radical (unpaired) electrons. The van der Waals surface area contributed by atoms with Gasteiger partial charge >= 0.3 is 0 Å². The van der Waals surface area contributed by atoms with E-state index in [0.29, 0.717) is 11.9 Å². The van der Waals surface area contributed by atoms with Crippen LogP contribution < -0.4 is 0 Å². The van der Waals surface area contributed by atoms with Crippen LogP contribution in [0, 0.1) is 5.92 Å². The average molecular weight is 351 g/mol. The predicted octanol–water partition coefficient (Wildman–Crippen LogP) is 1.35. The Hall–Kier alpha value is -1.14. The first-order valence-electron chi connectivity index (χ1n) is 9.88. The highest BCUT2D eigenvalue weighted by Gasteiger charge is 2.36. The molecule has 6 heteroatoms. The molecule has 3 aliphatic heterocycles. The quantitative estimate of drug-likeness (QED) is 0.770. The van der Waals surface area contributed by atoms with E-state index in [1.807, 2.05) is 4.90 Å². The van der Waals surface area contributed by atoms with Crippen molar-refractivity contribution in [1.29, 1.82) is 0 Å². The van der Waals surface area contributed by atoms with Crippen LogP contribution in [0.2, 0.25) is 0 Å². The van der Waals surface area contributed by atoms with Crippen molar-refractivity contribution >= 4 is 11.8 Å². The fourth-order valence-electron chi connectivity index (χ4n) is 4.72. The molecule has 6 nitrogen and oxygen atoms in total. The van der Waals surface area contributed by atoms with Crippen LogP contribution in [0.1, 0.15) is 46.5 Å². The number of morpholine rings is 1. The summed E-state index contributed by atoms with van der Waals surface area (Å²) in [6, 6.07) is 0.343. The third-order valence-corrected chi connectivity index (χ3v) is 5.91. The zero-order chi connectivity index (χ0) is 18.0. The Kier molecular flexibility index (Phi) is 6.00. The molecule has 0 aromatic rings. The minimum absolute atomic E-state index is 0.0961. The summed E-state index contributed by atoms with van der Waals surface area (Å²) in [7, 11) is 0. The van der Waals surface area contributed by atoms with Gasteiger partial charge in [-0.25, -0.2) is 0 Å². The molecule has 2 amide bonds. The molecule has 3 aliphatic rings. The number of hydrogen-bond acceptors (Lipinski definition) is 4. The Bertz CT molecular complexity index is 480. The first-order chi connectivity index (χ1) is 11.9. The average Bonchev–Trinajstić information content (AvgIpc) is 3.01. The van der Waals surface area contributed by atoms with Crippen molar-refractivity contribution in [2.24, 2.45) is 5.92 Å². The zero-order valence-corrected chi connectivity index (χ0v) is 15.9. The standard InChI is InChI=1S/C19H33N3O3/c1-14-11-20(12-15(2)25-14)13-18-5-4-8-22(18)19(24)17-6-9-21(10-7-17)16(3)23/h14-15,17-18H,4-13H2,1-3H3. The molecule has 0 aromatic heterocycles. The van der Waals surface area contributed by atoms with E-state index in [9.17, 15) is 9.59 Å². The predicted molar refractivity (Wildman–Crippen MR) is 96.2 cm³/mol. The number of hydrogen-bond donors (Lipinski definition) is 0. The molecule has 0 bridgehead atoms. The summed E-state index contributed by atoms with van der Waals surface area (Å²) in [5, 5.41) is 0. The summed E-state index contributed by atoms with van der Waals surface area (Å²) >= 11 is 0. The molecule has 0 aliphatic carbocycles. The molecule has 0 spiro atoms. The molecule has 142 valence electrons. The number of nitrogens with zero attached hydrogens (tertiary/aromatic N) is 3. The fraction of sp³-hybridized carbons (Fsp3) is 0.895. The normalized spacial score (nSPS) is 32.2. The third-order valence-electron chi connectivity index (χ3n) is 5.91. The summed E-state index contributed by atoms with van der Waals surface area (Å²) in [5.74, 6) is 0.541. The highest BCUT2D eigenvalue weighted by molar-refractivity contribution is 5.80. The Balaban J connectivity index is 1.54. The van der Waals surface area contributed by atoms with Crippen molar-refractivity contribution in [3.05, 3.63) is 0 Å². The first-order valence-corrected chi connectivity index (χ1v) is 9.88. The van der Waals surface area contributed by atoms with E-state index in [1.54, 1.807) is 6.92 Å². The van der Waals surface area contributed by atoms with Gasteiger partial charge in [0.15, 0.2) is 0 Å². The van der Waals surface area contributed by atoms with Crippen LogP contribution in [0.4, 0.5) is 0 Å². The Labute approximate surface area is 151 Å². The van der Waals surface area contributed by atoms with E-state index in [4.69, 9.17) is 4.74 Å². The van der Waals surface area contributed by atoms with Crippen molar-refractivity contribution in [2.75, 3.05) is 39.3 Å². The van der Waals surface area contributed by atoms with Crippen molar-refractivity contribution in [2.45, 2.75) is 64.7 Å². The molecule has 0 aromatic carbocycles. The SMILES string of the molecule is CC(=O)N1CCC(C(=O)N2CCCC2CN2CC(C)OC(C)C2)CC1. The largest absolute Gasteiger partial charge is 0.373 e. The number of rotatable bonds is 3. The number of ether oxygens (including phenoxy) is 1. The second-order valence-corrected chi connectivity index (χ2v) is 8.08. The van der Waals surface area contributed by atoms with Gasteiger partial charge in [0, 0.05) is 58.2 Å². The molecular weight excluding hydrogens is 318 g/mol. The minimum Gasteiger partial charge on any atom is -0.373 e. The van der Waals surface area contributed by atoms with E-state index < -0.39 is 0 Å². The molecule has 3 saturated heterocycles. The fourth-order valence-corrected chi connectivity index (χ4v) is 4.72. The van der Waals surface area contributed by atoms with Crippen LogP contribution in [0.25, 0.3) is 0 Å². The summed E-state index contributed by atoms with van der Waals surface area (Å²) in [4.78, 5) is 31.0. The van der Waals surface area contributed by atoms with E-state index in [-0.39, 0.29) is 24.0 Å². The van der Waals surface area contributed by atoms with Crippen molar-refractivity contribution < 1.29 is 14.3 Å². The Morgan fingerprint density at radius 3 is 2.24 bits per heavy atom. The van der Waals surface area contributed by atoms with Crippen LogP contribution in [-0.2, 0) is 14.3 Å². The lowest BCUT2D eigenvalue weighted by molar-refractivity contribution is -0.141. The van der Waals surface area contributed by atoms with Gasteiger partial charge in [-0.2, -0.15) is 0 Å². The highest BCUT2D eigenvalue weighted by atomic mass is 16.5. The molecule has 3 fully saturated rings. The number of amides is 2. The Morgan fingerprint density at radius 2 is 1.64 bits per heavy atom. The monoisotopic (exact) mass is 351 g/mol. The van der Waals surface area contributed by atoms with Crippen molar-refractivity contribution in [3.8, 4) is 0 Å². The second-order valence-electron chi connectivity index (χ2n) is 8.08. The summed E-state index contributed by atoms with van der Waals surface area (Å²) in [6.07, 6.45) is 4.38. The van der Waals surface area contributed by atoms with E-state index in [1.165, 1.54) is 0 Å². The van der Waals surface area contributed by atoms with Crippen molar-refractivity contribution in [3.63, 3.8) is 0 Å². The molecule has 0 saturated carbocycles. The van der Waals surface area contributed by atoms with Gasteiger partial charge in [-0.3, -0.25) is 14.5 Å². The van der Waals surface area contributed by atoms with E-state index in [2.05, 4.69) is 23.6 Å². The molecule has 3 unspecified atom stereocenters. The lowest BCUT2D eigenvalue weighted by Crippen LogP contribution is -2.52. The lowest BCUT2D eigenvalue weighted by atomic mass is 9.95. The third kappa shape index (κ3) is 4.53. The molecule has 25 heavy (non-hydrogen) atoms. The maximum atomic E-state index is 13.0. The highest BCUT2D eigenvalue weighted by Crippen LogP contribution is 2.26. The van der Waals surface area contributed by atoms with E-state index >= 15 is 0 Å². The number of carbonyl (C=O) groups is 2. The minimum atomic E-state index is 0.0961. The van der Waals surface area contributed by atoms with Gasteiger partial charge in [0.05, 0.1) is 12.2 Å². The van der Waals surface area contributed by atoms with Crippen LogP contribution in [0.15, 0.2) is 0 Å². The first kappa shape index (κ1) is 18.6. The van der Waals surface area contributed by atoms with Crippen LogP contribution >= 0.6 is 0 Å². The molecule has 0 N–H and O–H groups in total. The van der Waals surface area contributed by atoms with Crippen LogP contribution in [0.5, 0.6) is 0 Å². The van der Waals surface area contributed by atoms with Gasteiger partial charge in [0.2, 0.25) is 11.8 Å². The summed E-state index contributed by atoms with van der Waals surface area (Å²) < 4.78 is 5.83. The number of piperidine rings is 1. The van der Waals surface area contributed by atoms with Gasteiger partial charge in [-0.1, -0.05) is 0 Å². The maximum Gasteiger partial charge on any atom is 0.226 e. The van der Waals surface area contributed by atoms with Gasteiger partial charge < -0.3 is 14.5 Å². The summed E-state index contributed by atoms with van der Waals surface area (Å²) in [6.45, 7) is 11.1. The topological polar surface area (TPSA) is 53.1 Å². The molecule has 3 heterocycles. The Morgan fingerprint density at radius 1 is 1.00 bits per heavy atom. The maximum absolute atomic E-state index is 13.0. The van der Waals surface area contributed by atoms with Crippen molar-refractivity contribution in [1.82, 2.24) is 14.7 Å². The number of carbonyl (C=O) groups excluding carboxylic acids is 2. The zero-order valence-electron chi connectivity index (χ0n) is 15.9.